The van der Waals surface area contributed by atoms with Crippen molar-refractivity contribution < 1.29 is 28.6 Å². The highest BCUT2D eigenvalue weighted by atomic mass is 16.6. The first-order chi connectivity index (χ1) is 31.0. The molecular weight excluding hydrogens is 781 g/mol. The van der Waals surface area contributed by atoms with Gasteiger partial charge in [-0.25, -0.2) is 0 Å². The monoisotopic (exact) mass is 879 g/mol. The maximum Gasteiger partial charge on any atom is 0.306 e. The van der Waals surface area contributed by atoms with Gasteiger partial charge < -0.3 is 14.2 Å². The van der Waals surface area contributed by atoms with Crippen LogP contribution >= 0.6 is 0 Å². The van der Waals surface area contributed by atoms with Crippen molar-refractivity contribution in [3.05, 3.63) is 72.9 Å². The van der Waals surface area contributed by atoms with Crippen molar-refractivity contribution in [2.24, 2.45) is 0 Å². The van der Waals surface area contributed by atoms with E-state index in [9.17, 15) is 14.4 Å². The smallest absolute Gasteiger partial charge is 0.306 e. The van der Waals surface area contributed by atoms with E-state index in [4.69, 9.17) is 14.2 Å². The largest absolute Gasteiger partial charge is 0.462 e. The van der Waals surface area contributed by atoms with Crippen LogP contribution < -0.4 is 0 Å². The molecule has 0 aliphatic rings. The molecule has 63 heavy (non-hydrogen) atoms. The Labute approximate surface area is 389 Å². The lowest BCUT2D eigenvalue weighted by Gasteiger charge is -2.18. The zero-order chi connectivity index (χ0) is 45.8. The molecule has 1 atom stereocenters. The summed E-state index contributed by atoms with van der Waals surface area (Å²) >= 11 is 0. The molecular formula is C57H98O6. The number of ether oxygens (including phenoxy) is 3. The standard InChI is InChI=1S/C57H98O6/c1-4-7-10-13-16-19-22-25-28-30-33-35-38-41-44-47-50-56(59)62-53-54(63-57(60)51-48-45-42-39-36-31-27-24-21-18-15-12-9-6-3)52-61-55(58)49-46-43-40-37-34-32-29-26-23-20-17-14-11-8-5-2/h15,17-20,22,24,26-30,54H,4-14,16,21,23,25,31-53H2,1-3H3/b18-15-,20-17-,22-19-,27-24-,29-26-,30-28-. The van der Waals surface area contributed by atoms with Gasteiger partial charge in [0.2, 0.25) is 0 Å². The molecule has 6 nitrogen and oxygen atoms in total. The fourth-order valence-corrected chi connectivity index (χ4v) is 7.11. The minimum absolute atomic E-state index is 0.0933. The zero-order valence-electron chi connectivity index (χ0n) is 41.3. The molecule has 0 fully saturated rings. The Morgan fingerprint density at radius 2 is 0.587 bits per heavy atom. The SMILES string of the molecule is CCCC/C=C\C/C=C\CCCCCCCC(=O)OC(COC(=O)CCCCCCC/C=C\C/C=C\CCCCC)COC(=O)CCCCCCC/C=C\C/C=C\CCCCCC. The number of unbranched alkanes of at least 4 members (excludes halogenated alkanes) is 24. The number of carbonyl (C=O) groups is 3. The van der Waals surface area contributed by atoms with Crippen molar-refractivity contribution >= 4 is 17.9 Å². The van der Waals surface area contributed by atoms with Crippen LogP contribution in [-0.4, -0.2) is 37.2 Å². The molecule has 0 saturated carbocycles. The van der Waals surface area contributed by atoms with Crippen LogP contribution in [0.3, 0.4) is 0 Å². The summed E-state index contributed by atoms with van der Waals surface area (Å²) < 4.78 is 16.8. The third-order valence-corrected chi connectivity index (χ3v) is 11.2. The van der Waals surface area contributed by atoms with Crippen molar-refractivity contribution in [2.75, 3.05) is 13.2 Å². The zero-order valence-corrected chi connectivity index (χ0v) is 41.3. The normalized spacial score (nSPS) is 12.6. The van der Waals surface area contributed by atoms with Crippen LogP contribution in [0.25, 0.3) is 0 Å². The minimum Gasteiger partial charge on any atom is -0.462 e. The highest BCUT2D eigenvalue weighted by molar-refractivity contribution is 5.71. The van der Waals surface area contributed by atoms with Gasteiger partial charge in [0.15, 0.2) is 6.10 Å². The maximum absolute atomic E-state index is 12.8. The van der Waals surface area contributed by atoms with Gasteiger partial charge in [-0.15, -0.1) is 0 Å². The second-order valence-corrected chi connectivity index (χ2v) is 17.4. The van der Waals surface area contributed by atoms with Gasteiger partial charge in [0.05, 0.1) is 0 Å². The molecule has 0 heterocycles. The quantitative estimate of drug-likeness (QED) is 0.0262. The molecule has 0 aromatic carbocycles. The van der Waals surface area contributed by atoms with Crippen molar-refractivity contribution in [1.29, 1.82) is 0 Å². The summed E-state index contributed by atoms with van der Waals surface area (Å²) in [6.45, 7) is 6.52. The Bertz CT molecular complexity index is 1190. The van der Waals surface area contributed by atoms with Crippen molar-refractivity contribution in [3.63, 3.8) is 0 Å². The van der Waals surface area contributed by atoms with Gasteiger partial charge in [0, 0.05) is 19.3 Å². The summed E-state index contributed by atoms with van der Waals surface area (Å²) in [7, 11) is 0. The number of hydrogen-bond donors (Lipinski definition) is 0. The number of hydrogen-bond acceptors (Lipinski definition) is 6. The third kappa shape index (κ3) is 49.7. The van der Waals surface area contributed by atoms with Crippen LogP contribution in [0.4, 0.5) is 0 Å². The molecule has 0 spiro atoms. The predicted octanol–water partition coefficient (Wildman–Crippen LogP) is 17.4. The van der Waals surface area contributed by atoms with E-state index in [-0.39, 0.29) is 31.1 Å². The first-order valence-corrected chi connectivity index (χ1v) is 26.4. The summed E-state index contributed by atoms with van der Waals surface area (Å²) in [4.78, 5) is 38.0. The number of allylic oxidation sites excluding steroid dienone is 12. The summed E-state index contributed by atoms with van der Waals surface area (Å²) in [6.07, 6.45) is 64.5. The molecule has 0 aromatic rings. The van der Waals surface area contributed by atoms with Crippen molar-refractivity contribution in [1.82, 2.24) is 0 Å². The van der Waals surface area contributed by atoms with Gasteiger partial charge in [-0.2, -0.15) is 0 Å². The summed E-state index contributed by atoms with van der Waals surface area (Å²) in [5.74, 6) is -0.932. The van der Waals surface area contributed by atoms with Gasteiger partial charge in [0.1, 0.15) is 13.2 Å². The average molecular weight is 879 g/mol. The average Bonchev–Trinajstić information content (AvgIpc) is 3.28. The number of carbonyl (C=O) groups excluding carboxylic acids is 3. The lowest BCUT2D eigenvalue weighted by molar-refractivity contribution is -0.167. The first kappa shape index (κ1) is 59.9. The number of esters is 3. The van der Waals surface area contributed by atoms with E-state index in [2.05, 4.69) is 93.7 Å². The fraction of sp³-hybridized carbons (Fsp3) is 0.737. The van der Waals surface area contributed by atoms with Gasteiger partial charge in [-0.05, 0) is 109 Å². The molecule has 6 heteroatoms. The van der Waals surface area contributed by atoms with E-state index in [1.807, 2.05) is 0 Å². The molecule has 0 aliphatic heterocycles. The van der Waals surface area contributed by atoms with Gasteiger partial charge in [-0.3, -0.25) is 14.4 Å². The Morgan fingerprint density at radius 1 is 0.317 bits per heavy atom. The van der Waals surface area contributed by atoms with E-state index in [0.29, 0.717) is 19.3 Å². The highest BCUT2D eigenvalue weighted by Crippen LogP contribution is 2.13. The van der Waals surface area contributed by atoms with Crippen LogP contribution in [0.2, 0.25) is 0 Å². The molecule has 362 valence electrons. The molecule has 0 radical (unpaired) electrons. The molecule has 0 N–H and O–H groups in total. The molecule has 0 bridgehead atoms. The fourth-order valence-electron chi connectivity index (χ4n) is 7.11. The molecule has 1 unspecified atom stereocenters. The summed E-state index contributed by atoms with van der Waals surface area (Å²) in [5.41, 5.74) is 0. The maximum atomic E-state index is 12.8. The highest BCUT2D eigenvalue weighted by Gasteiger charge is 2.19. The minimum atomic E-state index is -0.794. The van der Waals surface area contributed by atoms with Gasteiger partial charge in [-0.1, -0.05) is 196 Å². The summed E-state index contributed by atoms with van der Waals surface area (Å²) in [5, 5.41) is 0. The lowest BCUT2D eigenvalue weighted by atomic mass is 10.1. The molecule has 0 rings (SSSR count). The third-order valence-electron chi connectivity index (χ3n) is 11.2. The van der Waals surface area contributed by atoms with Gasteiger partial charge in [0.25, 0.3) is 0 Å². The molecule has 0 saturated heterocycles. The second kappa shape index (κ2) is 51.5. The Morgan fingerprint density at radius 3 is 0.952 bits per heavy atom. The van der Waals surface area contributed by atoms with E-state index in [1.54, 1.807) is 0 Å². The van der Waals surface area contributed by atoms with Crippen molar-refractivity contribution in [3.8, 4) is 0 Å². The lowest BCUT2D eigenvalue weighted by Crippen LogP contribution is -2.30. The second-order valence-electron chi connectivity index (χ2n) is 17.4. The van der Waals surface area contributed by atoms with Crippen molar-refractivity contribution in [2.45, 2.75) is 258 Å². The van der Waals surface area contributed by atoms with E-state index < -0.39 is 6.10 Å². The van der Waals surface area contributed by atoms with Crippen LogP contribution in [0, 0.1) is 0 Å². The van der Waals surface area contributed by atoms with Crippen LogP contribution in [0.5, 0.6) is 0 Å². The molecule has 0 aliphatic carbocycles. The number of rotatable bonds is 47. The van der Waals surface area contributed by atoms with E-state index in [0.717, 1.165) is 135 Å². The predicted molar refractivity (Wildman–Crippen MR) is 270 cm³/mol. The van der Waals surface area contributed by atoms with Crippen LogP contribution in [0.15, 0.2) is 72.9 Å². The Balaban J connectivity index is 4.45. The summed E-state index contributed by atoms with van der Waals surface area (Å²) in [6, 6.07) is 0. The van der Waals surface area contributed by atoms with Crippen LogP contribution in [0.1, 0.15) is 252 Å². The topological polar surface area (TPSA) is 78.9 Å². The van der Waals surface area contributed by atoms with Gasteiger partial charge >= 0.3 is 17.9 Å². The van der Waals surface area contributed by atoms with E-state index in [1.165, 1.54) is 77.0 Å². The first-order valence-electron chi connectivity index (χ1n) is 26.4. The van der Waals surface area contributed by atoms with Crippen LogP contribution in [-0.2, 0) is 28.6 Å². The van der Waals surface area contributed by atoms with E-state index >= 15 is 0 Å². The Kier molecular flexibility index (Phi) is 48.9. The Hall–Kier alpha value is -3.15. The molecule has 0 aromatic heterocycles. The molecule has 0 amide bonds.